The van der Waals surface area contributed by atoms with Crippen LogP contribution in [0.15, 0.2) is 29.3 Å². The van der Waals surface area contributed by atoms with Gasteiger partial charge < -0.3 is 19.3 Å². The van der Waals surface area contributed by atoms with Gasteiger partial charge in [0.1, 0.15) is 11.6 Å². The summed E-state index contributed by atoms with van der Waals surface area (Å²) in [6.45, 7) is 3.66. The molecule has 1 aliphatic rings. The number of amides is 1. The number of hydrogen-bond donors (Lipinski definition) is 1. The molecule has 0 aromatic carbocycles. The van der Waals surface area contributed by atoms with Crippen molar-refractivity contribution in [2.75, 3.05) is 44.3 Å². The van der Waals surface area contributed by atoms with Gasteiger partial charge in [-0.1, -0.05) is 0 Å². The van der Waals surface area contributed by atoms with Crippen LogP contribution >= 0.6 is 0 Å². The van der Waals surface area contributed by atoms with Crippen LogP contribution in [-0.2, 0) is 9.53 Å². The summed E-state index contributed by atoms with van der Waals surface area (Å²) in [6.07, 6.45) is 3.08. The first-order valence-electron chi connectivity index (χ1n) is 11.3. The molecule has 3 aromatic heterocycles. The van der Waals surface area contributed by atoms with Crippen LogP contribution in [0.2, 0.25) is 0 Å². The number of carbonyl (C=O) groups is 1. The molecule has 1 N–H and O–H groups in total. The van der Waals surface area contributed by atoms with Crippen LogP contribution in [0.1, 0.15) is 25.1 Å². The molecule has 0 aliphatic carbocycles. The normalized spacial score (nSPS) is 15.1. The zero-order valence-corrected chi connectivity index (χ0v) is 19.5. The van der Waals surface area contributed by atoms with Crippen molar-refractivity contribution in [3.63, 3.8) is 0 Å². The lowest BCUT2D eigenvalue weighted by molar-refractivity contribution is -0.132. The van der Waals surface area contributed by atoms with E-state index in [9.17, 15) is 18.4 Å². The largest absolute Gasteiger partial charge is 0.433 e. The van der Waals surface area contributed by atoms with Gasteiger partial charge in [-0.05, 0) is 26.0 Å². The van der Waals surface area contributed by atoms with Crippen LogP contribution < -0.4 is 15.2 Å². The van der Waals surface area contributed by atoms with E-state index in [2.05, 4.69) is 25.0 Å². The molecule has 1 atom stereocenters. The molecule has 1 aliphatic heterocycles. The first kappa shape index (κ1) is 24.5. The van der Waals surface area contributed by atoms with E-state index in [1.54, 1.807) is 28.8 Å². The van der Waals surface area contributed by atoms with E-state index in [0.29, 0.717) is 55.2 Å². The van der Waals surface area contributed by atoms with Crippen molar-refractivity contribution in [1.82, 2.24) is 29.9 Å². The first-order valence-corrected chi connectivity index (χ1v) is 11.3. The summed E-state index contributed by atoms with van der Waals surface area (Å²) in [6, 6.07) is 2.94. The second-order valence-corrected chi connectivity index (χ2v) is 8.26. The summed E-state index contributed by atoms with van der Waals surface area (Å²) in [5.74, 6) is 0.657. The van der Waals surface area contributed by atoms with Crippen LogP contribution in [0.25, 0.3) is 10.9 Å². The number of aromatic amines is 1. The zero-order chi connectivity index (χ0) is 24.9. The van der Waals surface area contributed by atoms with E-state index in [1.165, 1.54) is 12.3 Å². The van der Waals surface area contributed by atoms with Gasteiger partial charge in [-0.3, -0.25) is 14.3 Å². The monoisotopic (exact) mass is 491 g/mol. The van der Waals surface area contributed by atoms with Gasteiger partial charge >= 0.3 is 6.61 Å². The fourth-order valence-electron chi connectivity index (χ4n) is 4.07. The number of H-pyrrole nitrogens is 1. The minimum absolute atomic E-state index is 0.00191. The van der Waals surface area contributed by atoms with Crippen LogP contribution in [-0.4, -0.2) is 81.8 Å². The quantitative estimate of drug-likeness (QED) is 0.450. The number of nitrogens with zero attached hydrogens (tertiary/aromatic N) is 6. The summed E-state index contributed by atoms with van der Waals surface area (Å²) in [7, 11) is 0. The summed E-state index contributed by atoms with van der Waals surface area (Å²) < 4.78 is 36.3. The Balaban J connectivity index is 1.20. The Hall–Kier alpha value is -3.61. The number of aromatic nitrogens is 5. The number of aryl methyl sites for hydroxylation is 1. The predicted octanol–water partition coefficient (Wildman–Crippen LogP) is 1.74. The number of halogens is 2. The zero-order valence-electron chi connectivity index (χ0n) is 19.5. The lowest BCUT2D eigenvalue weighted by Crippen LogP contribution is -2.49. The average Bonchev–Trinajstić information content (AvgIpc) is 3.19. The Morgan fingerprint density at radius 3 is 2.66 bits per heavy atom. The Morgan fingerprint density at radius 1 is 1.20 bits per heavy atom. The van der Waals surface area contributed by atoms with Gasteiger partial charge in [0.05, 0.1) is 54.7 Å². The van der Waals surface area contributed by atoms with Gasteiger partial charge in [-0.2, -0.15) is 19.0 Å². The summed E-state index contributed by atoms with van der Waals surface area (Å²) in [5.41, 5.74) is 0.984. The molecule has 1 saturated heterocycles. The highest BCUT2D eigenvalue weighted by Crippen LogP contribution is 2.20. The third kappa shape index (κ3) is 5.73. The van der Waals surface area contributed by atoms with Crippen molar-refractivity contribution in [2.24, 2.45) is 0 Å². The highest BCUT2D eigenvalue weighted by molar-refractivity contribution is 5.79. The second kappa shape index (κ2) is 10.8. The minimum atomic E-state index is -2.89. The van der Waals surface area contributed by atoms with E-state index in [-0.39, 0.29) is 36.3 Å². The van der Waals surface area contributed by atoms with E-state index in [1.807, 2.05) is 11.8 Å². The third-order valence-electron chi connectivity index (χ3n) is 5.84. The molecule has 1 unspecified atom stereocenters. The molecule has 0 radical (unpaired) electrons. The molecule has 0 spiro atoms. The lowest BCUT2D eigenvalue weighted by Gasteiger charge is -2.35. The SMILES string of the molecule is Cc1nn(C(C)COCCC(=O)N2CCN(c3ccc(OC(F)F)cn3)CC2)c2cn[nH]c(=O)c12. The molecule has 0 bridgehead atoms. The van der Waals surface area contributed by atoms with Gasteiger partial charge in [-0.15, -0.1) is 0 Å². The standard InChI is InChI=1S/C22H27F2N7O4/c1-14(31-17-12-26-27-21(33)20(17)15(2)28-31)13-34-10-5-19(32)30-8-6-29(7-9-30)18-4-3-16(11-25-18)35-22(23)24/h3-4,11-12,14,22H,5-10,13H2,1-2H3,(H,27,33). The van der Waals surface area contributed by atoms with Crippen molar-refractivity contribution in [3.8, 4) is 5.75 Å². The number of alkyl halides is 2. The molecule has 1 fully saturated rings. The van der Waals surface area contributed by atoms with Gasteiger partial charge in [-0.25, -0.2) is 10.1 Å². The highest BCUT2D eigenvalue weighted by Gasteiger charge is 2.22. The topological polar surface area (TPSA) is 118 Å². The van der Waals surface area contributed by atoms with Gasteiger partial charge in [0.2, 0.25) is 5.91 Å². The molecule has 13 heteroatoms. The maximum atomic E-state index is 12.6. The summed E-state index contributed by atoms with van der Waals surface area (Å²) in [4.78, 5) is 32.5. The molecule has 4 heterocycles. The summed E-state index contributed by atoms with van der Waals surface area (Å²) >= 11 is 0. The smallest absolute Gasteiger partial charge is 0.387 e. The highest BCUT2D eigenvalue weighted by atomic mass is 19.3. The molecule has 35 heavy (non-hydrogen) atoms. The van der Waals surface area contributed by atoms with Crippen LogP contribution in [0, 0.1) is 6.92 Å². The lowest BCUT2D eigenvalue weighted by atomic mass is 10.2. The molecule has 4 rings (SSSR count). The van der Waals surface area contributed by atoms with Crippen molar-refractivity contribution < 1.29 is 23.0 Å². The average molecular weight is 491 g/mol. The number of carbonyl (C=O) groups excluding carboxylic acids is 1. The molecule has 188 valence electrons. The van der Waals surface area contributed by atoms with Crippen LogP contribution in [0.4, 0.5) is 14.6 Å². The number of hydrogen-bond acceptors (Lipinski definition) is 8. The number of ether oxygens (including phenoxy) is 2. The molecular formula is C22H27F2N7O4. The molecule has 1 amide bonds. The Kier molecular flexibility index (Phi) is 7.54. The van der Waals surface area contributed by atoms with Gasteiger partial charge in [0, 0.05) is 26.2 Å². The van der Waals surface area contributed by atoms with E-state index in [4.69, 9.17) is 4.74 Å². The number of rotatable bonds is 9. The second-order valence-electron chi connectivity index (χ2n) is 8.26. The molecular weight excluding hydrogens is 464 g/mol. The van der Waals surface area contributed by atoms with Crippen molar-refractivity contribution in [1.29, 1.82) is 0 Å². The van der Waals surface area contributed by atoms with E-state index >= 15 is 0 Å². The number of nitrogens with one attached hydrogen (secondary N) is 1. The molecule has 11 nitrogen and oxygen atoms in total. The molecule has 0 saturated carbocycles. The third-order valence-corrected chi connectivity index (χ3v) is 5.84. The minimum Gasteiger partial charge on any atom is -0.433 e. The Bertz CT molecular complexity index is 1210. The van der Waals surface area contributed by atoms with Crippen molar-refractivity contribution in [3.05, 3.63) is 40.6 Å². The predicted molar refractivity (Wildman–Crippen MR) is 123 cm³/mol. The molecule has 3 aromatic rings. The van der Waals surface area contributed by atoms with Crippen LogP contribution in [0.3, 0.4) is 0 Å². The first-order chi connectivity index (χ1) is 16.8. The Morgan fingerprint density at radius 2 is 1.97 bits per heavy atom. The Labute approximate surface area is 199 Å². The van der Waals surface area contributed by atoms with Gasteiger partial charge in [0.25, 0.3) is 5.56 Å². The number of piperazine rings is 1. The fraction of sp³-hybridized carbons (Fsp3) is 0.500. The maximum absolute atomic E-state index is 12.6. The maximum Gasteiger partial charge on any atom is 0.387 e. The summed E-state index contributed by atoms with van der Waals surface area (Å²) in [5, 5.41) is 11.2. The van der Waals surface area contributed by atoms with Crippen LogP contribution in [0.5, 0.6) is 5.75 Å². The van der Waals surface area contributed by atoms with Crippen molar-refractivity contribution >= 4 is 22.6 Å². The number of pyridine rings is 1. The number of fused-ring (bicyclic) bond motifs is 1. The van der Waals surface area contributed by atoms with Gasteiger partial charge in [0.15, 0.2) is 0 Å². The fourth-order valence-corrected chi connectivity index (χ4v) is 4.07. The van der Waals surface area contributed by atoms with E-state index in [0.717, 1.165) is 0 Å². The number of anilines is 1. The van der Waals surface area contributed by atoms with E-state index < -0.39 is 6.61 Å². The van der Waals surface area contributed by atoms with Crippen molar-refractivity contribution in [2.45, 2.75) is 32.9 Å².